The maximum atomic E-state index is 4.34. The maximum Gasteiger partial charge on any atom is 0.0813 e. The normalized spacial score (nSPS) is 18.1. The van der Waals surface area contributed by atoms with Crippen LogP contribution in [-0.2, 0) is 6.42 Å². The third-order valence-electron chi connectivity index (χ3n) is 3.76. The summed E-state index contributed by atoms with van der Waals surface area (Å²) < 4.78 is 2.66. The summed E-state index contributed by atoms with van der Waals surface area (Å²) in [6.45, 7) is 0. The molecule has 2 heterocycles. The molecule has 2 aromatic heterocycles. The van der Waals surface area contributed by atoms with E-state index in [-0.39, 0.29) is 0 Å². The highest BCUT2D eigenvalue weighted by molar-refractivity contribution is 14.1. The molecule has 1 aliphatic rings. The molecule has 1 atom stereocenters. The van der Waals surface area contributed by atoms with Gasteiger partial charge in [0.1, 0.15) is 0 Å². The molecule has 0 saturated carbocycles. The number of aromatic nitrogens is 1. The van der Waals surface area contributed by atoms with Crippen LogP contribution in [0, 0.1) is 2.88 Å². The second-order valence-corrected chi connectivity index (χ2v) is 8.97. The van der Waals surface area contributed by atoms with E-state index in [1.165, 1.54) is 38.1 Å². The predicted octanol–water partition coefficient (Wildman–Crippen LogP) is 5.45. The number of aryl methyl sites for hydroxylation is 1. The fraction of sp³-hybridized carbons (Fsp3) is 0.267. The molecular formula is C15H13IN2S2. The maximum absolute atomic E-state index is 4.34. The van der Waals surface area contributed by atoms with Gasteiger partial charge in [-0.25, -0.2) is 4.98 Å². The van der Waals surface area contributed by atoms with Gasteiger partial charge in [0.05, 0.1) is 24.7 Å². The molecule has 0 aliphatic heterocycles. The molecular weight excluding hydrogens is 399 g/mol. The van der Waals surface area contributed by atoms with Gasteiger partial charge in [-0.15, -0.1) is 22.7 Å². The van der Waals surface area contributed by atoms with Crippen LogP contribution in [0.4, 0.5) is 5.69 Å². The van der Waals surface area contributed by atoms with E-state index < -0.39 is 0 Å². The number of nitrogens with zero attached hydrogens (tertiary/aromatic N) is 1. The largest absolute Gasteiger partial charge is 0.378 e. The van der Waals surface area contributed by atoms with Crippen molar-refractivity contribution >= 4 is 61.2 Å². The van der Waals surface area contributed by atoms with Crippen molar-refractivity contribution in [2.24, 2.45) is 0 Å². The number of rotatable bonds is 2. The van der Waals surface area contributed by atoms with Crippen LogP contribution >= 0.6 is 45.3 Å². The lowest BCUT2D eigenvalue weighted by atomic mass is 9.94. The van der Waals surface area contributed by atoms with Gasteiger partial charge < -0.3 is 5.32 Å². The van der Waals surface area contributed by atoms with Crippen molar-refractivity contribution < 1.29 is 0 Å². The molecule has 0 radical (unpaired) electrons. The molecule has 1 aliphatic carbocycles. The molecule has 20 heavy (non-hydrogen) atoms. The lowest BCUT2D eigenvalue weighted by Crippen LogP contribution is -2.15. The first-order valence-electron chi connectivity index (χ1n) is 6.67. The van der Waals surface area contributed by atoms with Crippen molar-refractivity contribution in [3.05, 3.63) is 43.1 Å². The van der Waals surface area contributed by atoms with Crippen molar-refractivity contribution in [1.29, 1.82) is 0 Å². The second kappa shape index (κ2) is 5.27. The zero-order valence-electron chi connectivity index (χ0n) is 10.7. The smallest absolute Gasteiger partial charge is 0.0813 e. The zero-order valence-corrected chi connectivity index (χ0v) is 14.5. The quantitative estimate of drug-likeness (QED) is 0.566. The lowest BCUT2D eigenvalue weighted by molar-refractivity contribution is 0.609. The van der Waals surface area contributed by atoms with Crippen LogP contribution < -0.4 is 5.32 Å². The SMILES string of the molecule is Ic1cc2c(s1)CCCC2Nc1ccc2ncsc2c1. The molecule has 102 valence electrons. The molecule has 3 aromatic rings. The Morgan fingerprint density at radius 1 is 1.30 bits per heavy atom. The first kappa shape index (κ1) is 13.0. The molecule has 0 saturated heterocycles. The summed E-state index contributed by atoms with van der Waals surface area (Å²) in [6, 6.07) is 9.29. The number of hydrogen-bond acceptors (Lipinski definition) is 4. The Bertz CT molecular complexity index is 762. The fourth-order valence-electron chi connectivity index (χ4n) is 2.82. The summed E-state index contributed by atoms with van der Waals surface area (Å²) in [4.78, 5) is 5.90. The second-order valence-electron chi connectivity index (χ2n) is 5.05. The Morgan fingerprint density at radius 3 is 3.20 bits per heavy atom. The first-order valence-corrected chi connectivity index (χ1v) is 9.45. The molecule has 1 N–H and O–H groups in total. The number of benzene rings is 1. The van der Waals surface area contributed by atoms with Gasteiger partial charge in [-0.3, -0.25) is 0 Å². The van der Waals surface area contributed by atoms with Crippen molar-refractivity contribution in [1.82, 2.24) is 4.98 Å². The van der Waals surface area contributed by atoms with Crippen molar-refractivity contribution in [2.75, 3.05) is 5.32 Å². The Kier molecular flexibility index (Phi) is 3.44. The molecule has 1 aromatic carbocycles. The molecule has 1 unspecified atom stereocenters. The van der Waals surface area contributed by atoms with Crippen LogP contribution in [0.3, 0.4) is 0 Å². The van der Waals surface area contributed by atoms with Crippen LogP contribution in [0.25, 0.3) is 10.2 Å². The molecule has 0 spiro atoms. The van der Waals surface area contributed by atoms with E-state index in [1.807, 2.05) is 16.8 Å². The van der Waals surface area contributed by atoms with Crippen LogP contribution in [0.2, 0.25) is 0 Å². The molecule has 2 nitrogen and oxygen atoms in total. The molecule has 0 fully saturated rings. The highest BCUT2D eigenvalue weighted by Gasteiger charge is 2.22. The van der Waals surface area contributed by atoms with Crippen LogP contribution in [-0.4, -0.2) is 4.98 Å². The topological polar surface area (TPSA) is 24.9 Å². The van der Waals surface area contributed by atoms with E-state index in [0.29, 0.717) is 6.04 Å². The van der Waals surface area contributed by atoms with E-state index in [1.54, 1.807) is 16.2 Å². The van der Waals surface area contributed by atoms with Crippen molar-refractivity contribution in [3.8, 4) is 0 Å². The Hall–Kier alpha value is -0.660. The van der Waals surface area contributed by atoms with Gasteiger partial charge in [0.2, 0.25) is 0 Å². The van der Waals surface area contributed by atoms with Crippen molar-refractivity contribution in [2.45, 2.75) is 25.3 Å². The number of halogens is 1. The molecule has 0 bridgehead atoms. The summed E-state index contributed by atoms with van der Waals surface area (Å²) in [6.07, 6.45) is 3.75. The minimum Gasteiger partial charge on any atom is -0.378 e. The molecule has 4 rings (SSSR count). The number of hydrogen-bond donors (Lipinski definition) is 1. The third-order valence-corrected chi connectivity index (χ3v) is 6.52. The number of anilines is 1. The van der Waals surface area contributed by atoms with Gasteiger partial charge in [0.15, 0.2) is 0 Å². The number of thiazole rings is 1. The summed E-state index contributed by atoms with van der Waals surface area (Å²) in [5, 5.41) is 3.71. The lowest BCUT2D eigenvalue weighted by Gasteiger charge is -2.24. The first-order chi connectivity index (χ1) is 9.79. The van der Waals surface area contributed by atoms with Gasteiger partial charge in [0.25, 0.3) is 0 Å². The van der Waals surface area contributed by atoms with Gasteiger partial charge in [-0.05, 0) is 71.7 Å². The molecule has 0 amide bonds. The Balaban J connectivity index is 1.65. The van der Waals surface area contributed by atoms with E-state index in [0.717, 1.165) is 5.52 Å². The summed E-state index contributed by atoms with van der Waals surface area (Å²) >= 11 is 6.09. The minimum atomic E-state index is 0.462. The van der Waals surface area contributed by atoms with Crippen LogP contribution in [0.1, 0.15) is 29.3 Å². The molecule has 5 heteroatoms. The van der Waals surface area contributed by atoms with Gasteiger partial charge in [-0.2, -0.15) is 0 Å². The number of fused-ring (bicyclic) bond motifs is 2. The van der Waals surface area contributed by atoms with Crippen molar-refractivity contribution in [3.63, 3.8) is 0 Å². The van der Waals surface area contributed by atoms with Gasteiger partial charge in [0, 0.05) is 10.6 Å². The summed E-state index contributed by atoms with van der Waals surface area (Å²) in [5.74, 6) is 0. The Morgan fingerprint density at radius 2 is 2.25 bits per heavy atom. The average molecular weight is 412 g/mol. The standard InChI is InChI=1S/C15H13IN2S2/c16-15-7-10-11(2-1-3-13(10)20-15)18-9-4-5-12-14(6-9)19-8-17-12/h4-8,11,18H,1-3H2. The minimum absolute atomic E-state index is 0.462. The van der Waals surface area contributed by atoms with Crippen LogP contribution in [0.15, 0.2) is 29.8 Å². The van der Waals surface area contributed by atoms with Crippen LogP contribution in [0.5, 0.6) is 0 Å². The van der Waals surface area contributed by atoms with E-state index >= 15 is 0 Å². The third kappa shape index (κ3) is 2.35. The van der Waals surface area contributed by atoms with E-state index in [2.05, 4.69) is 57.2 Å². The van der Waals surface area contributed by atoms with Gasteiger partial charge in [-0.1, -0.05) is 0 Å². The fourth-order valence-corrected chi connectivity index (χ4v) is 5.65. The summed E-state index contributed by atoms with van der Waals surface area (Å²) in [7, 11) is 0. The highest BCUT2D eigenvalue weighted by atomic mass is 127. The highest BCUT2D eigenvalue weighted by Crippen LogP contribution is 2.38. The Labute approximate surface area is 139 Å². The average Bonchev–Trinajstić information content (AvgIpc) is 3.04. The predicted molar refractivity (Wildman–Crippen MR) is 96.0 cm³/mol. The van der Waals surface area contributed by atoms with E-state index in [4.69, 9.17) is 0 Å². The number of thiophene rings is 1. The number of nitrogens with one attached hydrogen (secondary N) is 1. The van der Waals surface area contributed by atoms with E-state index in [9.17, 15) is 0 Å². The summed E-state index contributed by atoms with van der Waals surface area (Å²) in [5.41, 5.74) is 5.72. The zero-order chi connectivity index (χ0) is 13.5. The van der Waals surface area contributed by atoms with Gasteiger partial charge >= 0.3 is 0 Å². The monoisotopic (exact) mass is 412 g/mol.